The molecule has 5 heteroatoms. The van der Waals surface area contributed by atoms with Crippen LogP contribution in [0.15, 0.2) is 42.5 Å². The number of benzene rings is 2. The van der Waals surface area contributed by atoms with Gasteiger partial charge in [-0.1, -0.05) is 36.4 Å². The van der Waals surface area contributed by atoms with Gasteiger partial charge in [-0.25, -0.2) is 0 Å². The number of thiocarbonyl (C=S) groups is 1. The van der Waals surface area contributed by atoms with E-state index in [-0.39, 0.29) is 11.8 Å². The van der Waals surface area contributed by atoms with Gasteiger partial charge >= 0.3 is 0 Å². The zero-order chi connectivity index (χ0) is 15.5. The third kappa shape index (κ3) is 3.04. The number of primary amides is 1. The number of rotatable bonds is 2. The molecular weight excluding hydrogens is 294 g/mol. The average molecular weight is 313 g/mol. The van der Waals surface area contributed by atoms with Gasteiger partial charge in [0.2, 0.25) is 5.91 Å². The van der Waals surface area contributed by atoms with Crippen molar-refractivity contribution in [1.82, 2.24) is 4.90 Å². The molecule has 0 unspecified atom stereocenters. The van der Waals surface area contributed by atoms with Gasteiger partial charge in [-0.05, 0) is 36.5 Å². The summed E-state index contributed by atoms with van der Waals surface area (Å²) in [7, 11) is 0. The Kier molecular flexibility index (Phi) is 4.24. The molecule has 0 radical (unpaired) electrons. The van der Waals surface area contributed by atoms with Gasteiger partial charge in [0.1, 0.15) is 0 Å². The third-order valence-electron chi connectivity index (χ3n) is 4.14. The lowest BCUT2D eigenvalue weighted by atomic mass is 9.98. The highest BCUT2D eigenvalue weighted by Gasteiger charge is 2.25. The maximum Gasteiger partial charge on any atom is 0.222 e. The molecule has 114 valence electrons. The van der Waals surface area contributed by atoms with Crippen LogP contribution >= 0.6 is 12.2 Å². The minimum Gasteiger partial charge on any atom is -0.369 e. The number of amides is 1. The van der Waals surface area contributed by atoms with Crippen LogP contribution < -0.4 is 11.1 Å². The van der Waals surface area contributed by atoms with Crippen molar-refractivity contribution in [2.75, 3.05) is 18.4 Å². The fraction of sp³-hybridized carbons (Fsp3) is 0.294. The maximum atomic E-state index is 11.4. The maximum absolute atomic E-state index is 11.4. The summed E-state index contributed by atoms with van der Waals surface area (Å²) in [4.78, 5) is 13.4. The molecule has 0 spiro atoms. The molecule has 3 N–H and O–H groups in total. The normalized spacial score (nSPS) is 18.2. The minimum atomic E-state index is -0.238. The number of carbonyl (C=O) groups excluding carboxylic acids is 1. The highest BCUT2D eigenvalue weighted by molar-refractivity contribution is 7.80. The summed E-state index contributed by atoms with van der Waals surface area (Å²) in [6.07, 6.45) is 1.79. The van der Waals surface area contributed by atoms with E-state index >= 15 is 0 Å². The summed E-state index contributed by atoms with van der Waals surface area (Å²) >= 11 is 5.52. The Labute approximate surface area is 135 Å². The molecule has 1 amide bonds. The summed E-state index contributed by atoms with van der Waals surface area (Å²) < 4.78 is 0. The standard InChI is InChI=1S/C17H19N3OS/c18-16(21)13-7-4-10-20(11-13)17(22)19-15-9-3-6-12-5-1-2-8-14(12)15/h1-3,5-6,8-9,13H,4,7,10-11H2,(H2,18,21)(H,19,22)/t13-/m0/s1. The Balaban J connectivity index is 1.77. The van der Waals surface area contributed by atoms with E-state index in [1.807, 2.05) is 29.2 Å². The summed E-state index contributed by atoms with van der Waals surface area (Å²) in [5, 5.41) is 6.28. The Morgan fingerprint density at radius 3 is 2.82 bits per heavy atom. The van der Waals surface area contributed by atoms with Crippen molar-refractivity contribution < 1.29 is 4.79 Å². The predicted octanol–water partition coefficient (Wildman–Crippen LogP) is 2.73. The molecule has 1 heterocycles. The Bertz CT molecular complexity index is 711. The Morgan fingerprint density at radius 1 is 1.23 bits per heavy atom. The van der Waals surface area contributed by atoms with E-state index < -0.39 is 0 Å². The number of likely N-dealkylation sites (tertiary alicyclic amines) is 1. The summed E-state index contributed by atoms with van der Waals surface area (Å²) in [5.74, 6) is -0.348. The quantitative estimate of drug-likeness (QED) is 0.837. The molecule has 0 bridgehead atoms. The monoisotopic (exact) mass is 313 g/mol. The van der Waals surface area contributed by atoms with Crippen molar-refractivity contribution in [2.45, 2.75) is 12.8 Å². The lowest BCUT2D eigenvalue weighted by molar-refractivity contribution is -0.122. The molecule has 1 aliphatic rings. The zero-order valence-electron chi connectivity index (χ0n) is 12.3. The van der Waals surface area contributed by atoms with Crippen molar-refractivity contribution in [3.05, 3.63) is 42.5 Å². The third-order valence-corrected chi connectivity index (χ3v) is 4.50. The van der Waals surface area contributed by atoms with Crippen LogP contribution in [0.25, 0.3) is 10.8 Å². The van der Waals surface area contributed by atoms with Crippen LogP contribution in [-0.4, -0.2) is 29.0 Å². The van der Waals surface area contributed by atoms with Crippen LogP contribution in [0.5, 0.6) is 0 Å². The molecule has 0 saturated carbocycles. The van der Waals surface area contributed by atoms with Crippen LogP contribution in [0.4, 0.5) is 5.69 Å². The molecule has 0 aromatic heterocycles. The largest absolute Gasteiger partial charge is 0.369 e. The van der Waals surface area contributed by atoms with Gasteiger partial charge in [0.05, 0.1) is 5.92 Å². The second-order valence-electron chi connectivity index (χ2n) is 5.64. The highest BCUT2D eigenvalue weighted by Crippen LogP contribution is 2.24. The molecule has 2 aromatic carbocycles. The number of hydrogen-bond donors (Lipinski definition) is 2. The Morgan fingerprint density at radius 2 is 2.00 bits per heavy atom. The first-order valence-corrected chi connectivity index (χ1v) is 7.89. The summed E-state index contributed by atoms with van der Waals surface area (Å²) in [6.45, 7) is 1.46. The van der Waals surface area contributed by atoms with E-state index in [9.17, 15) is 4.79 Å². The fourth-order valence-corrected chi connectivity index (χ4v) is 3.20. The molecule has 1 fully saturated rings. The van der Waals surface area contributed by atoms with Gasteiger partial charge in [0, 0.05) is 24.2 Å². The first-order chi connectivity index (χ1) is 10.6. The molecule has 3 rings (SSSR count). The fourth-order valence-electron chi connectivity index (χ4n) is 2.92. The SMILES string of the molecule is NC(=O)[C@H]1CCCN(C(=S)Nc2cccc3ccccc23)C1. The van der Waals surface area contributed by atoms with E-state index in [2.05, 4.69) is 23.5 Å². The lowest BCUT2D eigenvalue weighted by Gasteiger charge is -2.33. The van der Waals surface area contributed by atoms with Crippen molar-refractivity contribution >= 4 is 39.7 Å². The highest BCUT2D eigenvalue weighted by atomic mass is 32.1. The van der Waals surface area contributed by atoms with Gasteiger partial charge in [-0.3, -0.25) is 4.79 Å². The average Bonchev–Trinajstić information content (AvgIpc) is 2.55. The van der Waals surface area contributed by atoms with Gasteiger partial charge in [0.25, 0.3) is 0 Å². The van der Waals surface area contributed by atoms with Crippen molar-refractivity contribution in [3.8, 4) is 0 Å². The van der Waals surface area contributed by atoms with E-state index in [4.69, 9.17) is 18.0 Å². The zero-order valence-corrected chi connectivity index (χ0v) is 13.1. The van der Waals surface area contributed by atoms with Crippen molar-refractivity contribution in [2.24, 2.45) is 11.7 Å². The first-order valence-electron chi connectivity index (χ1n) is 7.48. The molecule has 22 heavy (non-hydrogen) atoms. The number of nitrogens with one attached hydrogen (secondary N) is 1. The number of nitrogens with two attached hydrogens (primary N) is 1. The van der Waals surface area contributed by atoms with Crippen LogP contribution in [0, 0.1) is 5.92 Å². The molecule has 4 nitrogen and oxygen atoms in total. The number of piperidine rings is 1. The molecule has 1 atom stereocenters. The number of carbonyl (C=O) groups is 1. The number of hydrogen-bond acceptors (Lipinski definition) is 2. The minimum absolute atomic E-state index is 0.110. The van der Waals surface area contributed by atoms with Crippen LogP contribution in [0.2, 0.25) is 0 Å². The number of fused-ring (bicyclic) bond motifs is 1. The molecule has 2 aromatic rings. The smallest absolute Gasteiger partial charge is 0.222 e. The van der Waals surface area contributed by atoms with Gasteiger partial charge in [0.15, 0.2) is 5.11 Å². The van der Waals surface area contributed by atoms with Crippen molar-refractivity contribution in [3.63, 3.8) is 0 Å². The van der Waals surface area contributed by atoms with E-state index in [0.29, 0.717) is 11.7 Å². The molecule has 1 aliphatic heterocycles. The Hall–Kier alpha value is -2.14. The second-order valence-corrected chi connectivity index (χ2v) is 6.03. The topological polar surface area (TPSA) is 58.4 Å². The van der Waals surface area contributed by atoms with E-state index in [0.717, 1.165) is 30.5 Å². The van der Waals surface area contributed by atoms with Crippen molar-refractivity contribution in [1.29, 1.82) is 0 Å². The molecule has 1 saturated heterocycles. The van der Waals surface area contributed by atoms with Gasteiger partial charge in [-0.15, -0.1) is 0 Å². The van der Waals surface area contributed by atoms with Crippen LogP contribution in [0.3, 0.4) is 0 Å². The summed E-state index contributed by atoms with van der Waals surface area (Å²) in [6, 6.07) is 14.3. The molecular formula is C17H19N3OS. The van der Waals surface area contributed by atoms with E-state index in [1.165, 1.54) is 5.39 Å². The lowest BCUT2D eigenvalue weighted by Crippen LogP contribution is -2.45. The first kappa shape index (κ1) is 14.8. The van der Waals surface area contributed by atoms with Gasteiger partial charge in [-0.2, -0.15) is 0 Å². The molecule has 0 aliphatic carbocycles. The van der Waals surface area contributed by atoms with E-state index in [1.54, 1.807) is 0 Å². The van der Waals surface area contributed by atoms with Crippen LogP contribution in [0.1, 0.15) is 12.8 Å². The second kappa shape index (κ2) is 6.32. The predicted molar refractivity (Wildman–Crippen MR) is 93.7 cm³/mol. The number of anilines is 1. The van der Waals surface area contributed by atoms with Gasteiger partial charge < -0.3 is 16.0 Å². The summed E-state index contributed by atoms with van der Waals surface area (Å²) in [5.41, 5.74) is 6.42. The number of nitrogens with zero attached hydrogens (tertiary/aromatic N) is 1. The van der Waals surface area contributed by atoms with Crippen LogP contribution in [-0.2, 0) is 4.79 Å².